The van der Waals surface area contributed by atoms with Crippen molar-refractivity contribution >= 4 is 5.91 Å². The van der Waals surface area contributed by atoms with E-state index < -0.39 is 5.41 Å². The van der Waals surface area contributed by atoms with E-state index in [0.717, 1.165) is 16.7 Å². The van der Waals surface area contributed by atoms with Crippen molar-refractivity contribution in [2.24, 2.45) is 0 Å². The molecule has 0 bridgehead atoms. The Morgan fingerprint density at radius 2 is 1.78 bits per heavy atom. The van der Waals surface area contributed by atoms with E-state index in [2.05, 4.69) is 9.97 Å². The first kappa shape index (κ1) is 17.5. The maximum atomic E-state index is 14.1. The number of aryl methyl sites for hydroxylation is 1. The average molecular weight is 361 g/mol. The third kappa shape index (κ3) is 2.94. The Bertz CT molecular complexity index is 902. The van der Waals surface area contributed by atoms with Crippen LogP contribution in [-0.2, 0) is 14.9 Å². The molecule has 1 aliphatic rings. The summed E-state index contributed by atoms with van der Waals surface area (Å²) in [7, 11) is 0. The lowest BCUT2D eigenvalue weighted by atomic mass is 9.71. The first-order valence-corrected chi connectivity index (χ1v) is 9.23. The predicted molar refractivity (Wildman–Crippen MR) is 103 cm³/mol. The minimum atomic E-state index is -1.02. The van der Waals surface area contributed by atoms with Gasteiger partial charge < -0.3 is 14.6 Å². The second kappa shape index (κ2) is 7.37. The predicted octanol–water partition coefficient (Wildman–Crippen LogP) is 2.91. The lowest BCUT2D eigenvalue weighted by Gasteiger charge is -2.39. The summed E-state index contributed by atoms with van der Waals surface area (Å²) in [5.41, 5.74) is 1.89. The zero-order valence-corrected chi connectivity index (χ0v) is 15.4. The van der Waals surface area contributed by atoms with Crippen LogP contribution in [0.2, 0.25) is 0 Å². The number of morpholine rings is 1. The zero-order chi connectivity index (χ0) is 18.7. The summed E-state index contributed by atoms with van der Waals surface area (Å²) in [5, 5.41) is 0. The fourth-order valence-electron chi connectivity index (χ4n) is 3.92. The molecule has 2 heterocycles. The number of hydrogen-bond acceptors (Lipinski definition) is 3. The molecule has 1 saturated heterocycles. The van der Waals surface area contributed by atoms with Crippen LogP contribution in [0.3, 0.4) is 0 Å². The van der Waals surface area contributed by atoms with Gasteiger partial charge in [-0.1, -0.05) is 54.6 Å². The van der Waals surface area contributed by atoms with Gasteiger partial charge in [-0.15, -0.1) is 0 Å². The van der Waals surface area contributed by atoms with Crippen LogP contribution in [0, 0.1) is 6.92 Å². The van der Waals surface area contributed by atoms with Crippen molar-refractivity contribution in [1.82, 2.24) is 14.9 Å². The number of ether oxygens (including phenoxy) is 1. The second-order valence-electron chi connectivity index (χ2n) is 6.77. The van der Waals surface area contributed by atoms with Crippen molar-refractivity contribution in [3.8, 4) is 0 Å². The quantitative estimate of drug-likeness (QED) is 0.777. The molecule has 2 aromatic carbocycles. The van der Waals surface area contributed by atoms with Crippen LogP contribution in [0.5, 0.6) is 0 Å². The molecule has 1 unspecified atom stereocenters. The Hall–Kier alpha value is -2.92. The number of hydrogen-bond donors (Lipinski definition) is 1. The molecular formula is C22H23N3O2. The molecule has 0 radical (unpaired) electrons. The van der Waals surface area contributed by atoms with E-state index in [9.17, 15) is 4.79 Å². The number of amides is 1. The summed E-state index contributed by atoms with van der Waals surface area (Å²) in [6.07, 6.45) is 3.48. The van der Waals surface area contributed by atoms with E-state index in [-0.39, 0.29) is 5.91 Å². The number of imidazole rings is 1. The highest BCUT2D eigenvalue weighted by Crippen LogP contribution is 2.40. The normalized spacial score (nSPS) is 16.7. The third-order valence-electron chi connectivity index (χ3n) is 5.23. The Morgan fingerprint density at radius 3 is 2.44 bits per heavy atom. The average Bonchev–Trinajstić information content (AvgIpc) is 3.26. The van der Waals surface area contributed by atoms with E-state index in [1.165, 1.54) is 0 Å². The summed E-state index contributed by atoms with van der Waals surface area (Å²) >= 11 is 0. The highest BCUT2D eigenvalue weighted by atomic mass is 16.5. The lowest BCUT2D eigenvalue weighted by Crippen LogP contribution is -2.52. The van der Waals surface area contributed by atoms with E-state index in [1.54, 1.807) is 12.4 Å². The fourth-order valence-corrected chi connectivity index (χ4v) is 3.92. The summed E-state index contributed by atoms with van der Waals surface area (Å²) in [4.78, 5) is 23.8. The molecule has 27 heavy (non-hydrogen) atoms. The number of H-pyrrole nitrogens is 1. The number of carbonyl (C=O) groups excluding carboxylic acids is 1. The van der Waals surface area contributed by atoms with Gasteiger partial charge in [0.25, 0.3) is 0 Å². The number of aromatic amines is 1. The van der Waals surface area contributed by atoms with E-state index >= 15 is 0 Å². The highest BCUT2D eigenvalue weighted by Gasteiger charge is 2.49. The van der Waals surface area contributed by atoms with Crippen LogP contribution in [0.4, 0.5) is 0 Å². The van der Waals surface area contributed by atoms with Crippen molar-refractivity contribution in [3.05, 3.63) is 89.5 Å². The molecule has 1 aromatic heterocycles. The van der Waals surface area contributed by atoms with Gasteiger partial charge in [0.2, 0.25) is 5.91 Å². The fraction of sp³-hybridized carbons (Fsp3) is 0.273. The Kier molecular flexibility index (Phi) is 4.77. The molecule has 0 aliphatic carbocycles. The van der Waals surface area contributed by atoms with Gasteiger partial charge in [-0.3, -0.25) is 4.79 Å². The smallest absolute Gasteiger partial charge is 0.245 e. The summed E-state index contributed by atoms with van der Waals surface area (Å²) in [6, 6.07) is 18.0. The van der Waals surface area contributed by atoms with Gasteiger partial charge in [0.15, 0.2) is 5.41 Å². The van der Waals surface area contributed by atoms with Crippen molar-refractivity contribution in [2.75, 3.05) is 26.3 Å². The third-order valence-corrected chi connectivity index (χ3v) is 5.23. The van der Waals surface area contributed by atoms with Gasteiger partial charge in [0, 0.05) is 25.5 Å². The van der Waals surface area contributed by atoms with Gasteiger partial charge in [-0.25, -0.2) is 4.98 Å². The molecular weight excluding hydrogens is 338 g/mol. The largest absolute Gasteiger partial charge is 0.378 e. The minimum absolute atomic E-state index is 0.0289. The molecule has 138 valence electrons. The second-order valence-corrected chi connectivity index (χ2v) is 6.77. The Labute approximate surface area is 159 Å². The summed E-state index contributed by atoms with van der Waals surface area (Å²) < 4.78 is 5.47. The van der Waals surface area contributed by atoms with Gasteiger partial charge >= 0.3 is 0 Å². The number of nitrogens with one attached hydrogen (secondary N) is 1. The van der Waals surface area contributed by atoms with Crippen LogP contribution in [-0.4, -0.2) is 47.1 Å². The van der Waals surface area contributed by atoms with Gasteiger partial charge in [-0.05, 0) is 23.6 Å². The molecule has 1 N–H and O–H groups in total. The molecule has 0 saturated carbocycles. The van der Waals surface area contributed by atoms with E-state index in [1.807, 2.05) is 66.4 Å². The molecule has 5 heteroatoms. The zero-order valence-electron chi connectivity index (χ0n) is 15.4. The molecule has 4 rings (SSSR count). The van der Waals surface area contributed by atoms with Crippen molar-refractivity contribution in [1.29, 1.82) is 0 Å². The molecule has 1 atom stereocenters. The SMILES string of the molecule is Cc1ccccc1C(C(=O)N1CCOCC1)(c1ccccc1)c1ncc[nH]1. The number of rotatable bonds is 4. The van der Waals surface area contributed by atoms with Gasteiger partial charge in [0.1, 0.15) is 5.82 Å². The molecule has 1 fully saturated rings. The molecule has 1 aliphatic heterocycles. The van der Waals surface area contributed by atoms with Crippen LogP contribution < -0.4 is 0 Å². The molecule has 1 amide bonds. The van der Waals surface area contributed by atoms with Gasteiger partial charge in [-0.2, -0.15) is 0 Å². The van der Waals surface area contributed by atoms with Crippen molar-refractivity contribution in [3.63, 3.8) is 0 Å². The monoisotopic (exact) mass is 361 g/mol. The summed E-state index contributed by atoms with van der Waals surface area (Å²) in [5.74, 6) is 0.667. The van der Waals surface area contributed by atoms with Crippen LogP contribution in [0.1, 0.15) is 22.5 Å². The topological polar surface area (TPSA) is 58.2 Å². The molecule has 0 spiro atoms. The van der Waals surface area contributed by atoms with E-state index in [4.69, 9.17) is 4.74 Å². The van der Waals surface area contributed by atoms with E-state index in [0.29, 0.717) is 32.1 Å². The maximum Gasteiger partial charge on any atom is 0.245 e. The van der Waals surface area contributed by atoms with Crippen LogP contribution in [0.15, 0.2) is 67.0 Å². The maximum absolute atomic E-state index is 14.1. The lowest BCUT2D eigenvalue weighted by molar-refractivity contribution is -0.138. The van der Waals surface area contributed by atoms with Crippen molar-refractivity contribution < 1.29 is 9.53 Å². The number of carbonyl (C=O) groups is 1. The number of benzene rings is 2. The molecule has 3 aromatic rings. The summed E-state index contributed by atoms with van der Waals surface area (Å²) in [6.45, 7) is 4.33. The first-order valence-electron chi connectivity index (χ1n) is 9.23. The highest BCUT2D eigenvalue weighted by molar-refractivity contribution is 5.95. The molecule has 5 nitrogen and oxygen atoms in total. The van der Waals surface area contributed by atoms with Gasteiger partial charge in [0.05, 0.1) is 13.2 Å². The van der Waals surface area contributed by atoms with Crippen LogP contribution in [0.25, 0.3) is 0 Å². The Balaban J connectivity index is 2.01. The minimum Gasteiger partial charge on any atom is -0.378 e. The number of nitrogens with zero attached hydrogens (tertiary/aromatic N) is 2. The first-order chi connectivity index (χ1) is 13.2. The van der Waals surface area contributed by atoms with Crippen molar-refractivity contribution in [2.45, 2.75) is 12.3 Å². The van der Waals surface area contributed by atoms with Crippen LogP contribution >= 0.6 is 0 Å². The standard InChI is InChI=1S/C22H23N3O2/c1-17-7-5-6-10-19(17)22(20-23-11-12-24-20,18-8-3-2-4-9-18)21(26)25-13-15-27-16-14-25/h2-12H,13-16H2,1H3,(H,23,24). The number of aromatic nitrogens is 2. The Morgan fingerprint density at radius 1 is 1.07 bits per heavy atom.